The van der Waals surface area contributed by atoms with Crippen molar-refractivity contribution in [3.8, 4) is 34.6 Å². The summed E-state index contributed by atoms with van der Waals surface area (Å²) in [6, 6.07) is 17.6. The Morgan fingerprint density at radius 2 is 1.33 bits per heavy atom. The van der Waals surface area contributed by atoms with Crippen molar-refractivity contribution in [2.75, 3.05) is 46.1 Å². The molecular weight excluding hydrogens is 618 g/mol. The first-order chi connectivity index (χ1) is 23.2. The third kappa shape index (κ3) is 8.69. The van der Waals surface area contributed by atoms with Crippen LogP contribution < -0.4 is 45.2 Å². The molecular formula is C34H37N7O7. The van der Waals surface area contributed by atoms with E-state index in [1.165, 1.54) is 6.20 Å². The van der Waals surface area contributed by atoms with Crippen LogP contribution in [-0.2, 0) is 0 Å². The van der Waals surface area contributed by atoms with Gasteiger partial charge in [-0.15, -0.1) is 0 Å². The lowest BCUT2D eigenvalue weighted by molar-refractivity contribution is 0.0960. The van der Waals surface area contributed by atoms with Crippen LogP contribution in [0.25, 0.3) is 0 Å². The fraction of sp³-hybridized carbons (Fsp3) is 0.206. The second kappa shape index (κ2) is 16.3. The minimum atomic E-state index is -0.244. The van der Waals surface area contributed by atoms with Crippen molar-refractivity contribution in [2.24, 2.45) is 0 Å². The molecule has 3 aromatic carbocycles. The summed E-state index contributed by atoms with van der Waals surface area (Å²) >= 11 is 0. The van der Waals surface area contributed by atoms with E-state index >= 15 is 0 Å². The number of carbonyl (C=O) groups excluding carboxylic acids is 1. The summed E-state index contributed by atoms with van der Waals surface area (Å²) in [5.41, 5.74) is 2.82. The predicted octanol–water partition coefficient (Wildman–Crippen LogP) is 5.54. The Labute approximate surface area is 277 Å². The van der Waals surface area contributed by atoms with E-state index in [-0.39, 0.29) is 11.5 Å². The first kappa shape index (κ1) is 34.6. The molecule has 0 fully saturated rings. The number of methoxy groups -OCH3 is 4. The molecule has 0 bridgehead atoms. The summed E-state index contributed by atoms with van der Waals surface area (Å²) in [5.74, 6) is 3.74. The molecule has 48 heavy (non-hydrogen) atoms. The number of hydrogen-bond acceptors (Lipinski definition) is 12. The van der Waals surface area contributed by atoms with Crippen LogP contribution >= 0.6 is 0 Å². The van der Waals surface area contributed by atoms with Crippen LogP contribution in [0.5, 0.6) is 34.6 Å². The molecule has 0 aliphatic heterocycles. The number of ether oxygens (including phenoxy) is 5. The average Bonchev–Trinajstić information content (AvgIpc) is 3.11. The summed E-state index contributed by atoms with van der Waals surface area (Å²) in [5, 5.41) is 8.71. The molecule has 14 heteroatoms. The lowest BCUT2D eigenvalue weighted by Crippen LogP contribution is -2.18. The van der Waals surface area contributed by atoms with Crippen molar-refractivity contribution < 1.29 is 28.5 Å². The van der Waals surface area contributed by atoms with Crippen LogP contribution in [0.4, 0.5) is 23.3 Å². The van der Waals surface area contributed by atoms with Gasteiger partial charge in [-0.2, -0.15) is 4.98 Å². The lowest BCUT2D eigenvalue weighted by Gasteiger charge is -2.14. The van der Waals surface area contributed by atoms with Gasteiger partial charge in [0.25, 0.3) is 11.5 Å². The van der Waals surface area contributed by atoms with Gasteiger partial charge in [-0.25, -0.2) is 9.97 Å². The molecule has 5 aromatic rings. The first-order valence-corrected chi connectivity index (χ1v) is 14.6. The number of carbonyl (C=O) groups is 1. The Morgan fingerprint density at radius 3 is 1.92 bits per heavy atom. The number of nitrogens with one attached hydrogen (secondary N) is 4. The van der Waals surface area contributed by atoms with Crippen molar-refractivity contribution in [2.45, 2.75) is 13.8 Å². The second-order valence-corrected chi connectivity index (χ2v) is 9.99. The maximum absolute atomic E-state index is 12.1. The van der Waals surface area contributed by atoms with E-state index in [0.717, 1.165) is 5.56 Å². The normalized spacial score (nSPS) is 10.1. The number of aryl methyl sites for hydroxylation is 2. The van der Waals surface area contributed by atoms with Gasteiger partial charge < -0.3 is 39.6 Å². The van der Waals surface area contributed by atoms with Crippen LogP contribution in [0.2, 0.25) is 0 Å². The molecule has 250 valence electrons. The maximum atomic E-state index is 12.1. The number of aromatic nitrogens is 4. The summed E-state index contributed by atoms with van der Waals surface area (Å²) in [4.78, 5) is 39.1. The second-order valence-electron chi connectivity index (χ2n) is 9.99. The highest BCUT2D eigenvalue weighted by molar-refractivity contribution is 5.96. The summed E-state index contributed by atoms with van der Waals surface area (Å²) in [6.45, 7) is 3.52. The number of benzene rings is 3. The Balaban J connectivity index is 0.000000237. The van der Waals surface area contributed by atoms with E-state index in [1.807, 2.05) is 6.92 Å². The fourth-order valence-corrected chi connectivity index (χ4v) is 4.17. The third-order valence-electron chi connectivity index (χ3n) is 6.78. The van der Waals surface area contributed by atoms with Gasteiger partial charge >= 0.3 is 0 Å². The van der Waals surface area contributed by atoms with Gasteiger partial charge in [0, 0.05) is 42.7 Å². The molecule has 14 nitrogen and oxygen atoms in total. The number of H-pyrrole nitrogens is 1. The third-order valence-corrected chi connectivity index (χ3v) is 6.78. The number of nitrogens with zero attached hydrogens (tertiary/aromatic N) is 3. The first-order valence-electron chi connectivity index (χ1n) is 14.6. The van der Waals surface area contributed by atoms with Crippen LogP contribution in [0, 0.1) is 13.8 Å². The minimum absolute atomic E-state index is 0.181. The largest absolute Gasteiger partial charge is 0.497 e. The molecule has 0 unspecified atom stereocenters. The smallest absolute Gasteiger partial charge is 0.255 e. The zero-order valence-electron chi connectivity index (χ0n) is 27.6. The van der Waals surface area contributed by atoms with Crippen LogP contribution in [-0.4, -0.2) is 61.3 Å². The van der Waals surface area contributed by atoms with Crippen molar-refractivity contribution in [1.82, 2.24) is 25.3 Å². The average molecular weight is 656 g/mol. The summed E-state index contributed by atoms with van der Waals surface area (Å²) < 4.78 is 26.9. The summed E-state index contributed by atoms with van der Waals surface area (Å²) in [6.07, 6.45) is 3.15. The van der Waals surface area contributed by atoms with E-state index in [4.69, 9.17) is 23.7 Å². The molecule has 2 aromatic heterocycles. The Bertz CT molecular complexity index is 1930. The van der Waals surface area contributed by atoms with Gasteiger partial charge in [-0.1, -0.05) is 12.1 Å². The molecule has 0 aliphatic rings. The number of amides is 1. The molecule has 0 spiro atoms. The van der Waals surface area contributed by atoms with E-state index in [2.05, 4.69) is 35.9 Å². The molecule has 0 aliphatic carbocycles. The highest BCUT2D eigenvalue weighted by Gasteiger charge is 2.15. The standard InChI is InChI=1S/C21H22N4O4.C13H15N3O3/c1-13-12-23-21(24-16-11-14(27-3)9-10-18(16)28-4)25-20(13)29-17-8-6-5-7-15(17)19(26)22-2;1-8-7-14-13(16-12(8)17)15-10-6-9(18-2)4-5-11(10)19-3/h5-12H,1-4H3,(H,22,26)(H,23,24,25);4-7H,1-3H3,(H2,14,15,16,17). The van der Waals surface area contributed by atoms with Crippen molar-refractivity contribution >= 4 is 29.2 Å². The van der Waals surface area contributed by atoms with Gasteiger partial charge in [-0.05, 0) is 50.2 Å². The molecule has 0 saturated heterocycles. The van der Waals surface area contributed by atoms with Gasteiger partial charge in [0.15, 0.2) is 0 Å². The molecule has 0 atom stereocenters. The quantitative estimate of drug-likeness (QED) is 0.140. The molecule has 0 saturated carbocycles. The zero-order chi connectivity index (χ0) is 34.6. The Morgan fingerprint density at radius 1 is 0.729 bits per heavy atom. The fourth-order valence-electron chi connectivity index (χ4n) is 4.17. The lowest BCUT2D eigenvalue weighted by atomic mass is 10.2. The van der Waals surface area contributed by atoms with E-state index in [1.54, 1.807) is 109 Å². The number of aromatic amines is 1. The predicted molar refractivity (Wildman–Crippen MR) is 182 cm³/mol. The number of rotatable bonds is 11. The van der Waals surface area contributed by atoms with Crippen molar-refractivity contribution in [1.29, 1.82) is 0 Å². The monoisotopic (exact) mass is 655 g/mol. The number of anilines is 4. The van der Waals surface area contributed by atoms with Crippen LogP contribution in [0.15, 0.2) is 77.9 Å². The van der Waals surface area contributed by atoms with E-state index in [0.29, 0.717) is 69.0 Å². The zero-order valence-corrected chi connectivity index (χ0v) is 27.6. The molecule has 0 radical (unpaired) electrons. The number of para-hydroxylation sites is 1. The highest BCUT2D eigenvalue weighted by atomic mass is 16.5. The molecule has 1 amide bonds. The molecule has 5 rings (SSSR count). The Kier molecular flexibility index (Phi) is 11.7. The van der Waals surface area contributed by atoms with E-state index in [9.17, 15) is 9.59 Å². The number of hydrogen-bond donors (Lipinski definition) is 4. The van der Waals surface area contributed by atoms with Crippen LogP contribution in [0.1, 0.15) is 21.5 Å². The van der Waals surface area contributed by atoms with Crippen LogP contribution in [0.3, 0.4) is 0 Å². The van der Waals surface area contributed by atoms with E-state index < -0.39 is 0 Å². The SMILES string of the molecule is CNC(=O)c1ccccc1Oc1nc(Nc2cc(OC)ccc2OC)ncc1C.COc1ccc(OC)c(Nc2ncc(C)c(=O)[nH]2)c1. The van der Waals surface area contributed by atoms with Crippen molar-refractivity contribution in [3.05, 3.63) is 100 Å². The van der Waals surface area contributed by atoms with Gasteiger partial charge in [0.2, 0.25) is 17.8 Å². The van der Waals surface area contributed by atoms with Gasteiger partial charge in [0.05, 0.1) is 45.4 Å². The minimum Gasteiger partial charge on any atom is -0.497 e. The summed E-state index contributed by atoms with van der Waals surface area (Å²) in [7, 11) is 7.88. The Hall–Kier alpha value is -6.31. The van der Waals surface area contributed by atoms with Gasteiger partial charge in [-0.3, -0.25) is 14.6 Å². The van der Waals surface area contributed by atoms with Gasteiger partial charge in [0.1, 0.15) is 28.7 Å². The molecule has 4 N–H and O–H groups in total. The molecule has 2 heterocycles. The topological polar surface area (TPSA) is 171 Å². The highest BCUT2D eigenvalue weighted by Crippen LogP contribution is 2.33. The van der Waals surface area contributed by atoms with Crippen molar-refractivity contribution in [3.63, 3.8) is 0 Å². The maximum Gasteiger partial charge on any atom is 0.255 e.